The van der Waals surface area contributed by atoms with E-state index in [-0.39, 0.29) is 18.5 Å². The Bertz CT molecular complexity index is 617. The van der Waals surface area contributed by atoms with E-state index in [0.29, 0.717) is 12.4 Å². The predicted octanol–water partition coefficient (Wildman–Crippen LogP) is 0.716. The Morgan fingerprint density at radius 2 is 2.45 bits per heavy atom. The predicted molar refractivity (Wildman–Crippen MR) is 73.6 cm³/mol. The minimum absolute atomic E-state index is 0.131. The fraction of sp³-hybridized carbons (Fsp3) is 0.417. The van der Waals surface area contributed by atoms with Gasteiger partial charge in [-0.15, -0.1) is 11.3 Å². The minimum Gasteiger partial charge on any atom is -0.383 e. The smallest absolute Gasteiger partial charge is 0.383 e. The second-order valence-corrected chi connectivity index (χ2v) is 5.21. The number of rotatable bonds is 6. The number of aromatic nitrogens is 2. The molecule has 1 N–H and O–H groups in total. The molecule has 0 aliphatic carbocycles. The van der Waals surface area contributed by atoms with E-state index < -0.39 is 5.76 Å². The van der Waals surface area contributed by atoms with Crippen molar-refractivity contribution in [1.82, 2.24) is 15.0 Å². The van der Waals surface area contributed by atoms with Crippen LogP contribution in [0.25, 0.3) is 10.7 Å². The third-order valence-corrected chi connectivity index (χ3v) is 3.42. The van der Waals surface area contributed by atoms with Crippen LogP contribution in [-0.4, -0.2) is 35.4 Å². The largest absolute Gasteiger partial charge is 0.442 e. The van der Waals surface area contributed by atoms with Gasteiger partial charge in [0, 0.05) is 13.2 Å². The highest BCUT2D eigenvalue weighted by Crippen LogP contribution is 2.21. The summed E-state index contributed by atoms with van der Waals surface area (Å²) in [5.41, 5.74) is 0. The number of hydrogen-bond donors (Lipinski definition) is 1. The molecule has 2 aromatic heterocycles. The van der Waals surface area contributed by atoms with E-state index in [1.165, 1.54) is 15.9 Å². The maximum Gasteiger partial charge on any atom is 0.442 e. The average Bonchev–Trinajstić information content (AvgIpc) is 3.00. The lowest BCUT2D eigenvalue weighted by atomic mass is 10.3. The highest BCUT2D eigenvalue weighted by Gasteiger charge is 2.17. The second kappa shape index (κ2) is 6.49. The Morgan fingerprint density at radius 1 is 1.65 bits per heavy atom. The minimum atomic E-state index is -0.650. The Balaban J connectivity index is 2.12. The molecule has 0 radical (unpaired) electrons. The molecule has 2 heterocycles. The average molecular weight is 297 g/mol. The quantitative estimate of drug-likeness (QED) is 0.849. The van der Waals surface area contributed by atoms with E-state index in [1.54, 1.807) is 7.11 Å². The van der Waals surface area contributed by atoms with Crippen molar-refractivity contribution < 1.29 is 14.1 Å². The van der Waals surface area contributed by atoms with Gasteiger partial charge in [-0.1, -0.05) is 11.2 Å². The van der Waals surface area contributed by atoms with Crippen molar-refractivity contribution in [2.75, 3.05) is 13.7 Å². The Hall–Kier alpha value is -1.93. The monoisotopic (exact) mass is 297 g/mol. The van der Waals surface area contributed by atoms with E-state index in [1.807, 2.05) is 24.4 Å². The number of amides is 1. The fourth-order valence-electron chi connectivity index (χ4n) is 1.75. The molecule has 1 unspecified atom stereocenters. The number of thiophene rings is 1. The van der Waals surface area contributed by atoms with E-state index >= 15 is 0 Å². The van der Waals surface area contributed by atoms with Gasteiger partial charge in [0.2, 0.25) is 5.91 Å². The van der Waals surface area contributed by atoms with E-state index in [4.69, 9.17) is 4.74 Å². The first-order valence-corrected chi connectivity index (χ1v) is 6.88. The lowest BCUT2D eigenvalue weighted by Crippen LogP contribution is -2.39. The van der Waals surface area contributed by atoms with E-state index in [9.17, 15) is 9.59 Å². The summed E-state index contributed by atoms with van der Waals surface area (Å²) in [6.45, 7) is 2.09. The molecular formula is C12H15N3O4S. The Morgan fingerprint density at radius 3 is 3.10 bits per heavy atom. The van der Waals surface area contributed by atoms with Crippen LogP contribution >= 0.6 is 11.3 Å². The van der Waals surface area contributed by atoms with Crippen molar-refractivity contribution in [3.05, 3.63) is 28.1 Å². The molecule has 108 valence electrons. The van der Waals surface area contributed by atoms with E-state index in [0.717, 1.165) is 4.88 Å². The highest BCUT2D eigenvalue weighted by atomic mass is 32.1. The van der Waals surface area contributed by atoms with Crippen molar-refractivity contribution in [1.29, 1.82) is 0 Å². The summed E-state index contributed by atoms with van der Waals surface area (Å²) >= 11 is 1.42. The van der Waals surface area contributed by atoms with Crippen LogP contribution in [0.15, 0.2) is 26.8 Å². The fourth-order valence-corrected chi connectivity index (χ4v) is 2.46. The molecule has 0 fully saturated rings. The molecule has 0 aliphatic heterocycles. The molecule has 1 atom stereocenters. The topological polar surface area (TPSA) is 86.4 Å². The summed E-state index contributed by atoms with van der Waals surface area (Å²) in [4.78, 5) is 24.3. The van der Waals surface area contributed by atoms with Crippen molar-refractivity contribution in [2.45, 2.75) is 19.5 Å². The summed E-state index contributed by atoms with van der Waals surface area (Å²) in [6.07, 6.45) is 0. The first-order chi connectivity index (χ1) is 9.61. The highest BCUT2D eigenvalue weighted by molar-refractivity contribution is 7.13. The lowest BCUT2D eigenvalue weighted by Gasteiger charge is -2.12. The third-order valence-electron chi connectivity index (χ3n) is 2.55. The molecule has 0 bridgehead atoms. The number of nitrogens with one attached hydrogen (secondary N) is 1. The summed E-state index contributed by atoms with van der Waals surface area (Å²) in [5.74, 6) is -0.583. The lowest BCUT2D eigenvalue weighted by molar-refractivity contribution is -0.122. The van der Waals surface area contributed by atoms with Crippen molar-refractivity contribution in [3.8, 4) is 10.7 Å². The van der Waals surface area contributed by atoms with Gasteiger partial charge in [0.05, 0.1) is 11.5 Å². The van der Waals surface area contributed by atoms with Crippen LogP contribution in [0.4, 0.5) is 0 Å². The van der Waals surface area contributed by atoms with E-state index in [2.05, 4.69) is 15.0 Å². The summed E-state index contributed by atoms with van der Waals surface area (Å²) in [5, 5.41) is 8.30. The maximum atomic E-state index is 11.9. The number of carbonyl (C=O) groups excluding carboxylic acids is 1. The molecular weight excluding hydrogens is 282 g/mol. The van der Waals surface area contributed by atoms with Gasteiger partial charge in [-0.3, -0.25) is 9.32 Å². The van der Waals surface area contributed by atoms with Crippen molar-refractivity contribution >= 4 is 17.2 Å². The van der Waals surface area contributed by atoms with Crippen LogP contribution < -0.4 is 11.1 Å². The number of nitrogens with zero attached hydrogens (tertiary/aromatic N) is 2. The zero-order valence-corrected chi connectivity index (χ0v) is 12.0. The second-order valence-electron chi connectivity index (χ2n) is 4.26. The SMILES string of the molecule is COCC(C)NC(=O)Cn1c(-c2cccs2)noc1=O. The van der Waals surface area contributed by atoms with Gasteiger partial charge in [0.25, 0.3) is 0 Å². The van der Waals surface area contributed by atoms with Crippen molar-refractivity contribution in [2.24, 2.45) is 0 Å². The van der Waals surface area contributed by atoms with Crippen LogP contribution in [0.3, 0.4) is 0 Å². The van der Waals surface area contributed by atoms with Crippen LogP contribution in [0, 0.1) is 0 Å². The van der Waals surface area contributed by atoms with Gasteiger partial charge < -0.3 is 10.1 Å². The van der Waals surface area contributed by atoms with Gasteiger partial charge in [-0.25, -0.2) is 9.36 Å². The van der Waals surface area contributed by atoms with Gasteiger partial charge in [-0.05, 0) is 18.4 Å². The van der Waals surface area contributed by atoms with Crippen LogP contribution in [-0.2, 0) is 16.1 Å². The van der Waals surface area contributed by atoms with Gasteiger partial charge >= 0.3 is 5.76 Å². The zero-order chi connectivity index (χ0) is 14.5. The molecule has 2 rings (SSSR count). The van der Waals surface area contributed by atoms with Crippen molar-refractivity contribution in [3.63, 3.8) is 0 Å². The normalized spacial score (nSPS) is 12.3. The summed E-state index contributed by atoms with van der Waals surface area (Å²) in [6, 6.07) is 3.52. The third kappa shape index (κ3) is 3.34. The molecule has 0 aromatic carbocycles. The number of carbonyl (C=O) groups is 1. The summed E-state index contributed by atoms with van der Waals surface area (Å²) in [7, 11) is 1.56. The number of hydrogen-bond acceptors (Lipinski definition) is 6. The standard InChI is InChI=1S/C12H15N3O4S/c1-8(7-18-2)13-10(16)6-15-11(14-19-12(15)17)9-4-3-5-20-9/h3-5,8H,6-7H2,1-2H3,(H,13,16). The molecule has 2 aromatic rings. The van der Waals surface area contributed by atoms with Crippen LogP contribution in [0.1, 0.15) is 6.92 Å². The summed E-state index contributed by atoms with van der Waals surface area (Å²) < 4.78 is 10.8. The molecule has 8 heteroatoms. The maximum absolute atomic E-state index is 11.9. The Labute approximate surface area is 119 Å². The first kappa shape index (κ1) is 14.5. The molecule has 0 saturated heterocycles. The van der Waals surface area contributed by atoms with Gasteiger partial charge in [0.1, 0.15) is 6.54 Å². The first-order valence-electron chi connectivity index (χ1n) is 6.00. The molecule has 0 saturated carbocycles. The van der Waals surface area contributed by atoms with Gasteiger partial charge in [-0.2, -0.15) is 0 Å². The van der Waals surface area contributed by atoms with Gasteiger partial charge in [0.15, 0.2) is 5.82 Å². The molecule has 0 aliphatic rings. The Kier molecular flexibility index (Phi) is 4.70. The van der Waals surface area contributed by atoms with Crippen LogP contribution in [0.2, 0.25) is 0 Å². The van der Waals surface area contributed by atoms with Crippen LogP contribution in [0.5, 0.6) is 0 Å². The zero-order valence-electron chi connectivity index (χ0n) is 11.2. The molecule has 0 spiro atoms. The molecule has 7 nitrogen and oxygen atoms in total. The number of ether oxygens (including phenoxy) is 1. The molecule has 20 heavy (non-hydrogen) atoms. The molecule has 1 amide bonds. The number of methoxy groups -OCH3 is 1.